The second-order valence-corrected chi connectivity index (χ2v) is 5.28. The van der Waals surface area contributed by atoms with Crippen LogP contribution in [0.25, 0.3) is 0 Å². The second kappa shape index (κ2) is 8.20. The van der Waals surface area contributed by atoms with E-state index < -0.39 is 5.54 Å². The molecule has 0 spiro atoms. The maximum atomic E-state index is 12.7. The Balaban J connectivity index is 0.00000220. The zero-order valence-corrected chi connectivity index (χ0v) is 12.8. The molecule has 0 aromatic heterocycles. The third-order valence-corrected chi connectivity index (χ3v) is 3.64. The van der Waals surface area contributed by atoms with Gasteiger partial charge in [0.05, 0.1) is 12.1 Å². The van der Waals surface area contributed by atoms with Crippen LogP contribution >= 0.6 is 12.4 Å². The Bertz CT molecular complexity index is 447. The fourth-order valence-corrected chi connectivity index (χ4v) is 2.40. The van der Waals surface area contributed by atoms with E-state index in [4.69, 9.17) is 10.5 Å². The Labute approximate surface area is 130 Å². The maximum absolute atomic E-state index is 12.7. The van der Waals surface area contributed by atoms with Gasteiger partial charge in [-0.1, -0.05) is 12.8 Å². The molecule has 0 atom stereocenters. The van der Waals surface area contributed by atoms with Crippen LogP contribution in [-0.2, 0) is 4.79 Å². The van der Waals surface area contributed by atoms with Gasteiger partial charge in [-0.25, -0.2) is 4.39 Å². The Morgan fingerprint density at radius 2 is 1.90 bits per heavy atom. The molecule has 1 amide bonds. The van der Waals surface area contributed by atoms with Gasteiger partial charge in [-0.15, -0.1) is 12.4 Å². The smallest absolute Gasteiger partial charge is 0.240 e. The summed E-state index contributed by atoms with van der Waals surface area (Å²) >= 11 is 0. The summed E-state index contributed by atoms with van der Waals surface area (Å²) in [6.07, 6.45) is 4.28. The highest BCUT2D eigenvalue weighted by Gasteiger charge is 2.36. The number of amides is 1. The molecule has 21 heavy (non-hydrogen) atoms. The summed E-state index contributed by atoms with van der Waals surface area (Å²) in [5.74, 6) is 0.287. The second-order valence-electron chi connectivity index (χ2n) is 5.28. The molecule has 1 aliphatic rings. The molecule has 0 bridgehead atoms. The number of hydrogen-bond acceptors (Lipinski definition) is 3. The van der Waals surface area contributed by atoms with Gasteiger partial charge in [-0.2, -0.15) is 0 Å². The van der Waals surface area contributed by atoms with E-state index in [2.05, 4.69) is 5.32 Å². The maximum Gasteiger partial charge on any atom is 0.240 e. The first-order chi connectivity index (χ1) is 9.60. The molecular formula is C15H22ClFN2O2. The molecule has 1 aliphatic carbocycles. The van der Waals surface area contributed by atoms with Crippen molar-refractivity contribution in [2.45, 2.75) is 37.6 Å². The van der Waals surface area contributed by atoms with Gasteiger partial charge >= 0.3 is 0 Å². The minimum absolute atomic E-state index is 0. The van der Waals surface area contributed by atoms with E-state index in [0.29, 0.717) is 25.3 Å². The summed E-state index contributed by atoms with van der Waals surface area (Å²) in [5.41, 5.74) is 5.37. The molecule has 0 aliphatic heterocycles. The van der Waals surface area contributed by atoms with Gasteiger partial charge in [0.15, 0.2) is 0 Å². The highest BCUT2D eigenvalue weighted by atomic mass is 35.5. The first-order valence-electron chi connectivity index (χ1n) is 7.06. The average molecular weight is 317 g/mol. The number of carbonyl (C=O) groups is 1. The number of carbonyl (C=O) groups excluding carboxylic acids is 1. The van der Waals surface area contributed by atoms with E-state index in [9.17, 15) is 9.18 Å². The van der Waals surface area contributed by atoms with E-state index >= 15 is 0 Å². The highest BCUT2D eigenvalue weighted by Crippen LogP contribution is 2.27. The Morgan fingerprint density at radius 1 is 1.29 bits per heavy atom. The van der Waals surface area contributed by atoms with Crippen molar-refractivity contribution in [1.29, 1.82) is 0 Å². The fourth-order valence-electron chi connectivity index (χ4n) is 2.40. The fraction of sp³-hybridized carbons (Fsp3) is 0.533. The van der Waals surface area contributed by atoms with Crippen LogP contribution in [0.4, 0.5) is 4.39 Å². The minimum Gasteiger partial charge on any atom is -0.494 e. The molecule has 0 radical (unpaired) electrons. The van der Waals surface area contributed by atoms with Crippen molar-refractivity contribution >= 4 is 18.3 Å². The summed E-state index contributed by atoms with van der Waals surface area (Å²) < 4.78 is 18.1. The molecule has 1 aromatic rings. The van der Waals surface area contributed by atoms with Crippen molar-refractivity contribution in [1.82, 2.24) is 5.32 Å². The highest BCUT2D eigenvalue weighted by molar-refractivity contribution is 5.86. The van der Waals surface area contributed by atoms with Gasteiger partial charge in [-0.05, 0) is 43.5 Å². The zero-order valence-electron chi connectivity index (χ0n) is 11.9. The van der Waals surface area contributed by atoms with Crippen LogP contribution in [0.5, 0.6) is 5.75 Å². The van der Waals surface area contributed by atoms with Crippen LogP contribution in [0.15, 0.2) is 24.3 Å². The van der Waals surface area contributed by atoms with E-state index in [1.807, 2.05) is 0 Å². The molecule has 0 unspecified atom stereocenters. The van der Waals surface area contributed by atoms with Crippen molar-refractivity contribution in [2.24, 2.45) is 5.73 Å². The lowest BCUT2D eigenvalue weighted by Gasteiger charge is -2.22. The molecule has 4 nitrogen and oxygen atoms in total. The predicted octanol–water partition coefficient (Wildman–Crippen LogP) is 2.40. The monoisotopic (exact) mass is 316 g/mol. The normalized spacial score (nSPS) is 16.1. The molecule has 0 saturated heterocycles. The number of hydrogen-bond donors (Lipinski definition) is 2. The van der Waals surface area contributed by atoms with Crippen molar-refractivity contribution in [3.63, 3.8) is 0 Å². The first-order valence-corrected chi connectivity index (χ1v) is 7.06. The summed E-state index contributed by atoms with van der Waals surface area (Å²) in [4.78, 5) is 11.9. The minimum atomic E-state index is -0.669. The van der Waals surface area contributed by atoms with Crippen LogP contribution in [0, 0.1) is 5.82 Å². The van der Waals surface area contributed by atoms with Crippen LogP contribution in [0.2, 0.25) is 0 Å². The molecule has 3 N–H and O–H groups in total. The van der Waals surface area contributed by atoms with Crippen molar-refractivity contribution in [3.05, 3.63) is 30.1 Å². The molecule has 6 heteroatoms. The SMILES string of the molecule is Cl.NC1(C(=O)NCCCOc2ccc(F)cc2)CCCC1. The summed E-state index contributed by atoms with van der Waals surface area (Å²) in [5, 5.41) is 2.86. The van der Waals surface area contributed by atoms with Crippen molar-refractivity contribution in [3.8, 4) is 5.75 Å². The number of ether oxygens (including phenoxy) is 1. The quantitative estimate of drug-likeness (QED) is 0.792. The van der Waals surface area contributed by atoms with Crippen LogP contribution in [0.3, 0.4) is 0 Å². The number of benzene rings is 1. The third kappa shape index (κ3) is 5.17. The molecular weight excluding hydrogens is 295 g/mol. The van der Waals surface area contributed by atoms with Gasteiger partial charge in [0.2, 0.25) is 5.91 Å². The van der Waals surface area contributed by atoms with Crippen molar-refractivity contribution in [2.75, 3.05) is 13.2 Å². The molecule has 2 rings (SSSR count). The summed E-state index contributed by atoms with van der Waals surface area (Å²) in [6, 6.07) is 5.88. The number of rotatable bonds is 6. The lowest BCUT2D eigenvalue weighted by molar-refractivity contribution is -0.126. The van der Waals surface area contributed by atoms with Gasteiger partial charge in [0.25, 0.3) is 0 Å². The van der Waals surface area contributed by atoms with Crippen LogP contribution in [-0.4, -0.2) is 24.6 Å². The van der Waals surface area contributed by atoms with Gasteiger partial charge < -0.3 is 15.8 Å². The molecule has 1 saturated carbocycles. The van der Waals surface area contributed by atoms with Crippen LogP contribution < -0.4 is 15.8 Å². The molecule has 118 valence electrons. The van der Waals surface area contributed by atoms with E-state index in [0.717, 1.165) is 25.7 Å². The Hall–Kier alpha value is -1.33. The van der Waals surface area contributed by atoms with Crippen LogP contribution in [0.1, 0.15) is 32.1 Å². The molecule has 0 heterocycles. The largest absolute Gasteiger partial charge is 0.494 e. The van der Waals surface area contributed by atoms with Crippen molar-refractivity contribution < 1.29 is 13.9 Å². The Kier molecular flexibility index (Phi) is 6.92. The van der Waals surface area contributed by atoms with Gasteiger partial charge in [0.1, 0.15) is 11.6 Å². The average Bonchev–Trinajstić information content (AvgIpc) is 2.88. The summed E-state index contributed by atoms with van der Waals surface area (Å²) in [6.45, 7) is 1.02. The standard InChI is InChI=1S/C15H21FN2O2.ClH/c16-12-4-6-13(7-5-12)20-11-3-10-18-14(19)15(17)8-1-2-9-15;/h4-7H,1-3,8-11,17H2,(H,18,19);1H. The molecule has 1 fully saturated rings. The lowest BCUT2D eigenvalue weighted by atomic mass is 9.98. The Morgan fingerprint density at radius 3 is 2.52 bits per heavy atom. The summed E-state index contributed by atoms with van der Waals surface area (Å²) in [7, 11) is 0. The lowest BCUT2D eigenvalue weighted by Crippen LogP contribution is -2.52. The van der Waals surface area contributed by atoms with Gasteiger partial charge in [0, 0.05) is 6.54 Å². The number of nitrogens with one attached hydrogen (secondary N) is 1. The predicted molar refractivity (Wildman–Crippen MR) is 82.2 cm³/mol. The third-order valence-electron chi connectivity index (χ3n) is 3.64. The number of nitrogens with two attached hydrogens (primary N) is 1. The van der Waals surface area contributed by atoms with Gasteiger partial charge in [-0.3, -0.25) is 4.79 Å². The van der Waals surface area contributed by atoms with E-state index in [-0.39, 0.29) is 24.1 Å². The van der Waals surface area contributed by atoms with E-state index in [1.54, 1.807) is 12.1 Å². The number of halogens is 2. The molecule has 1 aromatic carbocycles. The zero-order chi connectivity index (χ0) is 14.4. The topological polar surface area (TPSA) is 64.4 Å². The first kappa shape index (κ1) is 17.7. The van der Waals surface area contributed by atoms with E-state index in [1.165, 1.54) is 12.1 Å².